The van der Waals surface area contributed by atoms with Crippen LogP contribution in [0.5, 0.6) is 0 Å². The Morgan fingerprint density at radius 1 is 1.00 bits per heavy atom. The van der Waals surface area contributed by atoms with Gasteiger partial charge in [0.15, 0.2) is 0 Å². The Morgan fingerprint density at radius 2 is 1.68 bits per heavy atom. The molecule has 1 aliphatic carbocycles. The predicted molar refractivity (Wildman–Crippen MR) is 78.6 cm³/mol. The van der Waals surface area contributed by atoms with Gasteiger partial charge in [-0.3, -0.25) is 0 Å². The van der Waals surface area contributed by atoms with Gasteiger partial charge in [-0.15, -0.1) is 0 Å². The van der Waals surface area contributed by atoms with Crippen molar-refractivity contribution in [1.82, 2.24) is 10.0 Å². The fraction of sp³-hybridized carbons (Fsp3) is 1.00. The molecule has 1 heterocycles. The van der Waals surface area contributed by atoms with Crippen LogP contribution in [0, 0.1) is 11.8 Å². The third-order valence-corrected chi connectivity index (χ3v) is 6.05. The topological polar surface area (TPSA) is 58.2 Å². The zero-order valence-corrected chi connectivity index (χ0v) is 12.7. The molecule has 1 aliphatic heterocycles. The number of hydrogen-bond acceptors (Lipinski definition) is 3. The summed E-state index contributed by atoms with van der Waals surface area (Å²) in [6.07, 6.45) is 9.60. The number of piperidine rings is 1. The van der Waals surface area contributed by atoms with E-state index in [1.165, 1.54) is 32.1 Å². The Balaban J connectivity index is 1.60. The summed E-state index contributed by atoms with van der Waals surface area (Å²) in [6.45, 7) is 2.55. The van der Waals surface area contributed by atoms with Gasteiger partial charge in [-0.05, 0) is 50.6 Å². The van der Waals surface area contributed by atoms with Crippen molar-refractivity contribution >= 4 is 10.0 Å². The summed E-state index contributed by atoms with van der Waals surface area (Å²) in [6, 6.07) is 0. The Morgan fingerprint density at radius 3 is 2.37 bits per heavy atom. The Hall–Kier alpha value is -0.130. The average molecular weight is 288 g/mol. The quantitative estimate of drug-likeness (QED) is 0.703. The minimum Gasteiger partial charge on any atom is -0.317 e. The minimum absolute atomic E-state index is 0.318. The first-order chi connectivity index (χ1) is 9.16. The molecule has 19 heavy (non-hydrogen) atoms. The molecule has 0 bridgehead atoms. The first-order valence-electron chi connectivity index (χ1n) is 7.84. The molecule has 112 valence electrons. The molecule has 2 rings (SSSR count). The van der Waals surface area contributed by atoms with Crippen molar-refractivity contribution in [2.45, 2.75) is 51.4 Å². The van der Waals surface area contributed by atoms with Crippen molar-refractivity contribution in [2.24, 2.45) is 11.8 Å². The van der Waals surface area contributed by atoms with Crippen molar-refractivity contribution in [3.05, 3.63) is 0 Å². The SMILES string of the molecule is O=S(=O)(CC1CCNCC1)NCCCC1CCCC1. The van der Waals surface area contributed by atoms with Gasteiger partial charge in [-0.1, -0.05) is 25.7 Å². The van der Waals surface area contributed by atoms with Crippen molar-refractivity contribution in [3.8, 4) is 0 Å². The zero-order chi connectivity index (χ0) is 13.6. The lowest BCUT2D eigenvalue weighted by Gasteiger charge is -2.22. The highest BCUT2D eigenvalue weighted by molar-refractivity contribution is 7.89. The second-order valence-electron chi connectivity index (χ2n) is 6.16. The molecule has 0 spiro atoms. The molecule has 4 nitrogen and oxygen atoms in total. The van der Waals surface area contributed by atoms with Crippen molar-refractivity contribution in [2.75, 3.05) is 25.4 Å². The van der Waals surface area contributed by atoms with Crippen LogP contribution in [0.25, 0.3) is 0 Å². The smallest absolute Gasteiger partial charge is 0.211 e. The third kappa shape index (κ3) is 5.79. The summed E-state index contributed by atoms with van der Waals surface area (Å²) in [4.78, 5) is 0. The van der Waals surface area contributed by atoms with E-state index >= 15 is 0 Å². The highest BCUT2D eigenvalue weighted by Gasteiger charge is 2.21. The van der Waals surface area contributed by atoms with Gasteiger partial charge >= 0.3 is 0 Å². The van der Waals surface area contributed by atoms with Crippen LogP contribution in [0.1, 0.15) is 51.4 Å². The van der Waals surface area contributed by atoms with Crippen LogP contribution in [0.2, 0.25) is 0 Å². The normalized spacial score (nSPS) is 22.9. The van der Waals surface area contributed by atoms with Crippen LogP contribution >= 0.6 is 0 Å². The van der Waals surface area contributed by atoms with E-state index < -0.39 is 10.0 Å². The van der Waals surface area contributed by atoms with Gasteiger partial charge in [0.2, 0.25) is 10.0 Å². The lowest BCUT2D eigenvalue weighted by atomic mass is 10.0. The molecule has 0 radical (unpaired) electrons. The first-order valence-corrected chi connectivity index (χ1v) is 9.49. The minimum atomic E-state index is -3.05. The summed E-state index contributed by atoms with van der Waals surface area (Å²) in [7, 11) is -3.05. The van der Waals surface area contributed by atoms with Gasteiger partial charge in [0, 0.05) is 6.54 Å². The number of sulfonamides is 1. The highest BCUT2D eigenvalue weighted by atomic mass is 32.2. The molecule has 0 aromatic heterocycles. The van der Waals surface area contributed by atoms with Gasteiger partial charge in [-0.2, -0.15) is 0 Å². The van der Waals surface area contributed by atoms with Gasteiger partial charge in [-0.25, -0.2) is 13.1 Å². The molecule has 5 heteroatoms. The fourth-order valence-electron chi connectivity index (χ4n) is 3.34. The van der Waals surface area contributed by atoms with Crippen LogP contribution in [0.4, 0.5) is 0 Å². The second kappa shape index (κ2) is 7.60. The molecule has 2 fully saturated rings. The lowest BCUT2D eigenvalue weighted by Crippen LogP contribution is -2.36. The van der Waals surface area contributed by atoms with E-state index in [4.69, 9.17) is 0 Å². The first kappa shape index (κ1) is 15.3. The zero-order valence-electron chi connectivity index (χ0n) is 11.9. The summed E-state index contributed by atoms with van der Waals surface area (Å²) in [5.41, 5.74) is 0. The van der Waals surface area contributed by atoms with E-state index in [2.05, 4.69) is 10.0 Å². The molecule has 2 aliphatic rings. The Labute approximate surface area is 117 Å². The Bertz CT molecular complexity index is 344. The van der Waals surface area contributed by atoms with E-state index in [-0.39, 0.29) is 0 Å². The monoisotopic (exact) mass is 288 g/mol. The van der Waals surface area contributed by atoms with E-state index in [0.29, 0.717) is 18.2 Å². The standard InChI is InChI=1S/C14H28N2O2S/c17-19(18,12-14-7-10-15-11-8-14)16-9-3-6-13-4-1-2-5-13/h13-16H,1-12H2. The lowest BCUT2D eigenvalue weighted by molar-refractivity contribution is 0.399. The van der Waals surface area contributed by atoms with Gasteiger partial charge in [0.05, 0.1) is 5.75 Å². The number of rotatable bonds is 7. The molecule has 0 unspecified atom stereocenters. The van der Waals surface area contributed by atoms with Crippen molar-refractivity contribution < 1.29 is 8.42 Å². The van der Waals surface area contributed by atoms with Crippen LogP contribution in [-0.4, -0.2) is 33.8 Å². The predicted octanol–water partition coefficient (Wildman–Crippen LogP) is 1.88. The number of nitrogens with one attached hydrogen (secondary N) is 2. The second-order valence-corrected chi connectivity index (χ2v) is 8.01. The van der Waals surface area contributed by atoms with Crippen LogP contribution < -0.4 is 10.0 Å². The molecule has 0 aromatic carbocycles. The largest absolute Gasteiger partial charge is 0.317 e. The molecule has 2 N–H and O–H groups in total. The Kier molecular flexibility index (Phi) is 6.10. The average Bonchev–Trinajstić information content (AvgIpc) is 2.88. The fourth-order valence-corrected chi connectivity index (χ4v) is 4.86. The van der Waals surface area contributed by atoms with Crippen molar-refractivity contribution in [1.29, 1.82) is 0 Å². The van der Waals surface area contributed by atoms with E-state index in [0.717, 1.165) is 38.3 Å². The van der Waals surface area contributed by atoms with Crippen molar-refractivity contribution in [3.63, 3.8) is 0 Å². The molecule has 0 aromatic rings. The third-order valence-electron chi connectivity index (χ3n) is 4.50. The van der Waals surface area contributed by atoms with Crippen LogP contribution in [-0.2, 0) is 10.0 Å². The maximum absolute atomic E-state index is 12.0. The maximum Gasteiger partial charge on any atom is 0.211 e. The molecular weight excluding hydrogens is 260 g/mol. The summed E-state index contributed by atoms with van der Waals surface area (Å²) in [5, 5.41) is 3.27. The highest BCUT2D eigenvalue weighted by Crippen LogP contribution is 2.28. The van der Waals surface area contributed by atoms with Gasteiger partial charge in [0.1, 0.15) is 0 Å². The van der Waals surface area contributed by atoms with E-state index in [1.54, 1.807) is 0 Å². The summed E-state index contributed by atoms with van der Waals surface area (Å²) < 4.78 is 26.7. The summed E-state index contributed by atoms with van der Waals surface area (Å²) in [5.74, 6) is 1.51. The number of hydrogen-bond donors (Lipinski definition) is 2. The molecular formula is C14H28N2O2S. The van der Waals surface area contributed by atoms with Gasteiger partial charge < -0.3 is 5.32 Å². The maximum atomic E-state index is 12.0. The van der Waals surface area contributed by atoms with Crippen LogP contribution in [0.15, 0.2) is 0 Å². The molecule has 1 saturated carbocycles. The van der Waals surface area contributed by atoms with E-state index in [9.17, 15) is 8.42 Å². The van der Waals surface area contributed by atoms with E-state index in [1.807, 2.05) is 0 Å². The molecule has 1 saturated heterocycles. The molecule has 0 amide bonds. The van der Waals surface area contributed by atoms with Crippen LogP contribution in [0.3, 0.4) is 0 Å². The van der Waals surface area contributed by atoms with Gasteiger partial charge in [0.25, 0.3) is 0 Å². The summed E-state index contributed by atoms with van der Waals surface area (Å²) >= 11 is 0. The molecule has 0 atom stereocenters.